The molecule has 1 fully saturated rings. The zero-order valence-electron chi connectivity index (χ0n) is 8.95. The van der Waals surface area contributed by atoms with Gasteiger partial charge >= 0.3 is 5.69 Å². The molecule has 6 heteroatoms. The number of amides is 1. The maximum atomic E-state index is 11.4. The predicted octanol–water partition coefficient (Wildman–Crippen LogP) is -0.876. The molecule has 2 N–H and O–H groups in total. The van der Waals surface area contributed by atoms with Gasteiger partial charge in [-0.05, 0) is 19.8 Å². The van der Waals surface area contributed by atoms with Crippen LogP contribution in [0.1, 0.15) is 18.4 Å². The maximum absolute atomic E-state index is 11.4. The van der Waals surface area contributed by atoms with Gasteiger partial charge in [0.2, 0.25) is 5.91 Å². The van der Waals surface area contributed by atoms with Gasteiger partial charge in [-0.2, -0.15) is 0 Å². The minimum Gasteiger partial charge on any atom is -0.352 e. The second-order valence-corrected chi connectivity index (χ2v) is 4.04. The molecule has 1 amide bonds. The Morgan fingerprint density at radius 1 is 1.56 bits per heavy atom. The van der Waals surface area contributed by atoms with E-state index in [0.29, 0.717) is 5.56 Å². The number of carbonyl (C=O) groups excluding carboxylic acids is 1. The van der Waals surface area contributed by atoms with Crippen LogP contribution in [0.3, 0.4) is 0 Å². The number of H-pyrrole nitrogens is 1. The minimum absolute atomic E-state index is 0.0487. The van der Waals surface area contributed by atoms with Crippen molar-refractivity contribution in [3.05, 3.63) is 32.6 Å². The van der Waals surface area contributed by atoms with Crippen LogP contribution in [0, 0.1) is 6.92 Å². The van der Waals surface area contributed by atoms with Gasteiger partial charge in [0.25, 0.3) is 5.56 Å². The van der Waals surface area contributed by atoms with E-state index in [0.717, 1.165) is 12.8 Å². The Morgan fingerprint density at radius 3 is 2.88 bits per heavy atom. The fraction of sp³-hybridized carbons (Fsp3) is 0.500. The number of aromatic amines is 1. The predicted molar refractivity (Wildman–Crippen MR) is 57.2 cm³/mol. The van der Waals surface area contributed by atoms with Crippen LogP contribution in [0.15, 0.2) is 15.8 Å². The molecule has 0 saturated heterocycles. The third kappa shape index (κ3) is 2.39. The summed E-state index contributed by atoms with van der Waals surface area (Å²) in [6.45, 7) is 1.54. The van der Waals surface area contributed by atoms with E-state index in [1.165, 1.54) is 10.8 Å². The summed E-state index contributed by atoms with van der Waals surface area (Å²) in [5.74, 6) is -0.198. The molecule has 0 radical (unpaired) electrons. The first-order chi connectivity index (χ1) is 7.56. The van der Waals surface area contributed by atoms with Crippen molar-refractivity contribution in [1.29, 1.82) is 0 Å². The van der Waals surface area contributed by atoms with Gasteiger partial charge in [-0.3, -0.25) is 19.1 Å². The Hall–Kier alpha value is -1.85. The first-order valence-electron chi connectivity index (χ1n) is 5.16. The summed E-state index contributed by atoms with van der Waals surface area (Å²) in [5.41, 5.74) is -0.552. The second-order valence-electron chi connectivity index (χ2n) is 4.04. The highest BCUT2D eigenvalue weighted by Gasteiger charge is 2.23. The van der Waals surface area contributed by atoms with Gasteiger partial charge in [0.05, 0.1) is 0 Å². The van der Waals surface area contributed by atoms with Crippen LogP contribution >= 0.6 is 0 Å². The largest absolute Gasteiger partial charge is 0.352 e. The van der Waals surface area contributed by atoms with Crippen LogP contribution in [-0.4, -0.2) is 21.5 Å². The zero-order valence-corrected chi connectivity index (χ0v) is 8.95. The normalized spacial score (nSPS) is 14.8. The van der Waals surface area contributed by atoms with Gasteiger partial charge < -0.3 is 5.32 Å². The third-order valence-electron chi connectivity index (χ3n) is 2.45. The quantitative estimate of drug-likeness (QED) is 0.698. The number of hydrogen-bond donors (Lipinski definition) is 2. The van der Waals surface area contributed by atoms with Crippen LogP contribution in [0.5, 0.6) is 0 Å². The summed E-state index contributed by atoms with van der Waals surface area (Å²) >= 11 is 0. The van der Waals surface area contributed by atoms with Crippen molar-refractivity contribution in [3.63, 3.8) is 0 Å². The van der Waals surface area contributed by atoms with E-state index in [1.54, 1.807) is 6.92 Å². The Labute approximate surface area is 91.3 Å². The molecule has 0 aliphatic heterocycles. The Bertz CT molecular complexity index is 525. The molecule has 0 unspecified atom stereocenters. The maximum Gasteiger partial charge on any atom is 0.328 e. The topological polar surface area (TPSA) is 84.0 Å². The van der Waals surface area contributed by atoms with E-state index in [2.05, 4.69) is 10.3 Å². The molecule has 0 atom stereocenters. The average Bonchev–Trinajstić information content (AvgIpc) is 2.98. The summed E-state index contributed by atoms with van der Waals surface area (Å²) in [6.07, 6.45) is 3.41. The Morgan fingerprint density at radius 2 is 2.25 bits per heavy atom. The zero-order chi connectivity index (χ0) is 11.7. The highest BCUT2D eigenvalue weighted by Crippen LogP contribution is 2.18. The van der Waals surface area contributed by atoms with Crippen LogP contribution in [0.2, 0.25) is 0 Å². The fourth-order valence-corrected chi connectivity index (χ4v) is 1.39. The molecule has 6 nitrogen and oxygen atoms in total. The standard InChI is InChI=1S/C10H13N3O3/c1-6-4-13(10(16)12-9(6)15)5-8(14)11-7-2-3-7/h4,7H,2-3,5H2,1H3,(H,11,14)(H,12,15,16). The molecule has 1 aliphatic carbocycles. The van der Waals surface area contributed by atoms with Crippen molar-refractivity contribution in [1.82, 2.24) is 14.9 Å². The average molecular weight is 223 g/mol. The lowest BCUT2D eigenvalue weighted by molar-refractivity contribution is -0.121. The highest BCUT2D eigenvalue weighted by atomic mass is 16.2. The van der Waals surface area contributed by atoms with E-state index in [4.69, 9.17) is 0 Å². The molecule has 86 valence electrons. The number of rotatable bonds is 3. The number of aromatic nitrogens is 2. The summed E-state index contributed by atoms with van der Waals surface area (Å²) in [6, 6.07) is 0.270. The molecule has 1 aromatic heterocycles. The van der Waals surface area contributed by atoms with Crippen molar-refractivity contribution in [2.24, 2.45) is 0 Å². The van der Waals surface area contributed by atoms with E-state index >= 15 is 0 Å². The molecule has 1 saturated carbocycles. The van der Waals surface area contributed by atoms with Gasteiger partial charge in [-0.15, -0.1) is 0 Å². The molecular formula is C10H13N3O3. The first-order valence-corrected chi connectivity index (χ1v) is 5.16. The summed E-state index contributed by atoms with van der Waals surface area (Å²) < 4.78 is 1.20. The molecular weight excluding hydrogens is 210 g/mol. The van der Waals surface area contributed by atoms with Gasteiger partial charge in [0, 0.05) is 17.8 Å². The number of aryl methyl sites for hydroxylation is 1. The molecule has 16 heavy (non-hydrogen) atoms. The minimum atomic E-state index is -0.554. The molecule has 0 aromatic carbocycles. The van der Waals surface area contributed by atoms with Gasteiger partial charge in [-0.25, -0.2) is 4.79 Å². The van der Waals surface area contributed by atoms with Crippen molar-refractivity contribution in [2.45, 2.75) is 32.4 Å². The third-order valence-corrected chi connectivity index (χ3v) is 2.45. The van der Waals surface area contributed by atoms with Crippen molar-refractivity contribution < 1.29 is 4.79 Å². The molecule has 0 bridgehead atoms. The number of nitrogens with zero attached hydrogens (tertiary/aromatic N) is 1. The lowest BCUT2D eigenvalue weighted by atomic mass is 10.4. The Kier molecular flexibility index (Phi) is 2.64. The van der Waals surface area contributed by atoms with Gasteiger partial charge in [0.15, 0.2) is 0 Å². The SMILES string of the molecule is Cc1cn(CC(=O)NC2CC2)c(=O)[nH]c1=O. The lowest BCUT2D eigenvalue weighted by Gasteiger charge is -2.06. The summed E-state index contributed by atoms with van der Waals surface area (Å²) in [7, 11) is 0. The molecule has 1 heterocycles. The molecule has 1 aromatic rings. The van der Waals surface area contributed by atoms with Crippen molar-refractivity contribution >= 4 is 5.91 Å². The van der Waals surface area contributed by atoms with Crippen molar-refractivity contribution in [2.75, 3.05) is 0 Å². The van der Waals surface area contributed by atoms with Gasteiger partial charge in [0.1, 0.15) is 6.54 Å². The van der Waals surface area contributed by atoms with Crippen LogP contribution < -0.4 is 16.6 Å². The number of hydrogen-bond acceptors (Lipinski definition) is 3. The fourth-order valence-electron chi connectivity index (χ4n) is 1.39. The van der Waals surface area contributed by atoms with Gasteiger partial charge in [-0.1, -0.05) is 0 Å². The summed E-state index contributed by atoms with van der Waals surface area (Å²) in [4.78, 5) is 36.1. The smallest absolute Gasteiger partial charge is 0.328 e. The van der Waals surface area contributed by atoms with Crippen molar-refractivity contribution in [3.8, 4) is 0 Å². The summed E-state index contributed by atoms with van der Waals surface area (Å²) in [5, 5.41) is 2.77. The molecule has 2 rings (SSSR count). The lowest BCUT2D eigenvalue weighted by Crippen LogP contribution is -2.37. The van der Waals surface area contributed by atoms with Crippen LogP contribution in [0.4, 0.5) is 0 Å². The van der Waals surface area contributed by atoms with E-state index in [-0.39, 0.29) is 18.5 Å². The Balaban J connectivity index is 2.14. The second kappa shape index (κ2) is 3.96. The molecule has 0 spiro atoms. The van der Waals surface area contributed by atoms with Crippen LogP contribution in [-0.2, 0) is 11.3 Å². The van der Waals surface area contributed by atoms with E-state index < -0.39 is 11.2 Å². The molecule has 1 aliphatic rings. The number of nitrogens with one attached hydrogen (secondary N) is 2. The van der Waals surface area contributed by atoms with E-state index in [1.807, 2.05) is 0 Å². The first kappa shape index (κ1) is 10.7. The monoisotopic (exact) mass is 223 g/mol. The number of carbonyl (C=O) groups is 1. The highest BCUT2D eigenvalue weighted by molar-refractivity contribution is 5.76. The van der Waals surface area contributed by atoms with E-state index in [9.17, 15) is 14.4 Å². The van der Waals surface area contributed by atoms with Crippen LogP contribution in [0.25, 0.3) is 0 Å².